The molecule has 38 heavy (non-hydrogen) atoms. The third-order valence-electron chi connectivity index (χ3n) is 6.63. The molecule has 3 N–H and O–H groups in total. The van der Waals surface area contributed by atoms with E-state index in [1.165, 1.54) is 9.76 Å². The van der Waals surface area contributed by atoms with Gasteiger partial charge in [-0.1, -0.05) is 99.2 Å². The van der Waals surface area contributed by atoms with Crippen LogP contribution in [0, 0.1) is 19.6 Å². The standard InChI is InChI=1S/C32H19NOS.CH3.H2O.Y/c34-33(27-16-8-18-30-32(27)26-14-5-6-17-29(26)35-30)28-20-19-22-10-2-4-13-24(22)31(28)25-15-7-11-21-9-1-3-12-23(21)25;;;/h1-14,17-20,34H;1H3;1H2;/q-2;-1;;+3. The van der Waals surface area contributed by atoms with E-state index >= 15 is 0 Å². The number of thiophene rings is 1. The molecule has 1 heterocycles. The Morgan fingerprint density at radius 2 is 1.26 bits per heavy atom. The molecular weight excluding hydrogens is 563 g/mol. The van der Waals surface area contributed by atoms with E-state index in [0.29, 0.717) is 11.4 Å². The fraction of sp³-hybridized carbons (Fsp3) is 0. The summed E-state index contributed by atoms with van der Waals surface area (Å²) in [6.07, 6.45) is 0. The number of anilines is 2. The molecule has 6 aromatic carbocycles. The Morgan fingerprint density at radius 3 is 2.05 bits per heavy atom. The number of rotatable bonds is 3. The zero-order valence-electron chi connectivity index (χ0n) is 20.8. The van der Waals surface area contributed by atoms with Gasteiger partial charge >= 0.3 is 32.7 Å². The van der Waals surface area contributed by atoms with Crippen molar-refractivity contribution in [3.63, 3.8) is 0 Å². The molecule has 1 aromatic heterocycles. The molecule has 0 aliphatic carbocycles. The first-order valence-electron chi connectivity index (χ1n) is 11.5. The van der Waals surface area contributed by atoms with E-state index in [0.717, 1.165) is 48.1 Å². The second kappa shape index (κ2) is 11.3. The molecular formula is C33H24NO2SY. The van der Waals surface area contributed by atoms with Crippen LogP contribution in [0.4, 0.5) is 11.4 Å². The van der Waals surface area contributed by atoms with Crippen LogP contribution < -0.4 is 5.06 Å². The Kier molecular flexibility index (Phi) is 8.32. The van der Waals surface area contributed by atoms with Gasteiger partial charge in [-0.2, -0.15) is 29.5 Å². The van der Waals surface area contributed by atoms with Crippen LogP contribution in [0.15, 0.2) is 109 Å². The maximum Gasteiger partial charge on any atom is 3.00 e. The van der Waals surface area contributed by atoms with E-state index < -0.39 is 0 Å². The van der Waals surface area contributed by atoms with Crippen molar-refractivity contribution in [3.8, 4) is 11.1 Å². The van der Waals surface area contributed by atoms with E-state index in [-0.39, 0.29) is 45.6 Å². The van der Waals surface area contributed by atoms with Gasteiger partial charge in [0.2, 0.25) is 0 Å². The average molecular weight is 588 g/mol. The first-order valence-corrected chi connectivity index (χ1v) is 12.3. The van der Waals surface area contributed by atoms with Gasteiger partial charge < -0.3 is 12.9 Å². The third kappa shape index (κ3) is 4.43. The zero-order valence-corrected chi connectivity index (χ0v) is 24.4. The van der Waals surface area contributed by atoms with Gasteiger partial charge in [-0.25, -0.2) is 0 Å². The van der Waals surface area contributed by atoms with E-state index in [9.17, 15) is 5.21 Å². The predicted molar refractivity (Wildman–Crippen MR) is 158 cm³/mol. The van der Waals surface area contributed by atoms with Crippen LogP contribution in [0.1, 0.15) is 0 Å². The second-order valence-corrected chi connectivity index (χ2v) is 9.68. The quantitative estimate of drug-likeness (QED) is 0.166. The van der Waals surface area contributed by atoms with Crippen LogP contribution in [-0.2, 0) is 32.7 Å². The molecule has 0 spiro atoms. The van der Waals surface area contributed by atoms with Crippen molar-refractivity contribution in [2.45, 2.75) is 0 Å². The van der Waals surface area contributed by atoms with Gasteiger partial charge in [-0.05, 0) is 23.2 Å². The van der Waals surface area contributed by atoms with E-state index in [2.05, 4.69) is 72.8 Å². The largest absolute Gasteiger partial charge is 3.00 e. The molecule has 7 aromatic rings. The van der Waals surface area contributed by atoms with Crippen LogP contribution in [0.5, 0.6) is 0 Å². The summed E-state index contributed by atoms with van der Waals surface area (Å²) >= 11 is 1.73. The van der Waals surface area contributed by atoms with Gasteiger partial charge in [0.05, 0.1) is 0 Å². The van der Waals surface area contributed by atoms with Crippen molar-refractivity contribution in [1.29, 1.82) is 0 Å². The van der Waals surface area contributed by atoms with Gasteiger partial charge in [-0.3, -0.25) is 10.3 Å². The zero-order chi connectivity index (χ0) is 23.4. The summed E-state index contributed by atoms with van der Waals surface area (Å²) in [5.41, 5.74) is 3.27. The van der Waals surface area contributed by atoms with Crippen LogP contribution in [0.25, 0.3) is 52.8 Å². The van der Waals surface area contributed by atoms with Crippen LogP contribution in [-0.4, -0.2) is 10.7 Å². The summed E-state index contributed by atoms with van der Waals surface area (Å²) in [6.45, 7) is 0. The molecule has 182 valence electrons. The first kappa shape index (κ1) is 27.9. The van der Waals surface area contributed by atoms with Crippen molar-refractivity contribution >= 4 is 64.4 Å². The number of fused-ring (bicyclic) bond motifs is 5. The van der Waals surface area contributed by atoms with Crippen LogP contribution in [0.2, 0.25) is 0 Å². The van der Waals surface area contributed by atoms with Gasteiger partial charge in [0.15, 0.2) is 0 Å². The SMILES string of the molecule is O.ON(c1ccc2ccccc2c1-c1[c-]ccc2ccccc12)c1[c-]ccc2sc3ccccc3c12.[CH3-].[Y+3]. The third-order valence-corrected chi connectivity index (χ3v) is 7.77. The second-order valence-electron chi connectivity index (χ2n) is 8.60. The van der Waals surface area contributed by atoms with Gasteiger partial charge in [0.25, 0.3) is 0 Å². The molecule has 7 rings (SSSR count). The molecule has 0 saturated heterocycles. The molecule has 0 aliphatic rings. The molecule has 0 amide bonds. The molecule has 3 nitrogen and oxygen atoms in total. The monoisotopic (exact) mass is 587 g/mol. The maximum absolute atomic E-state index is 11.8. The van der Waals surface area contributed by atoms with Gasteiger partial charge in [0, 0.05) is 10.4 Å². The number of nitrogens with zero attached hydrogens (tertiary/aromatic N) is 1. The summed E-state index contributed by atoms with van der Waals surface area (Å²) in [7, 11) is 0. The smallest absolute Gasteiger partial charge is 0.412 e. The Hall–Kier alpha value is -3.12. The Bertz CT molecular complexity index is 1890. The number of benzene rings is 6. The summed E-state index contributed by atoms with van der Waals surface area (Å²) in [6, 6.07) is 43.8. The number of hydrogen-bond acceptors (Lipinski definition) is 3. The van der Waals surface area contributed by atoms with Crippen molar-refractivity contribution in [2.24, 2.45) is 0 Å². The Morgan fingerprint density at radius 1 is 0.632 bits per heavy atom. The summed E-state index contributed by atoms with van der Waals surface area (Å²) < 4.78 is 2.32. The van der Waals surface area contributed by atoms with Crippen molar-refractivity contribution in [1.82, 2.24) is 0 Å². The van der Waals surface area contributed by atoms with Crippen molar-refractivity contribution < 1.29 is 43.4 Å². The summed E-state index contributed by atoms with van der Waals surface area (Å²) in [5.74, 6) is 0. The van der Waals surface area contributed by atoms with Crippen molar-refractivity contribution in [3.05, 3.63) is 129 Å². The summed E-state index contributed by atoms with van der Waals surface area (Å²) in [4.78, 5) is 0. The molecule has 5 heteroatoms. The normalized spacial score (nSPS) is 10.7. The average Bonchev–Trinajstić information content (AvgIpc) is 3.31. The van der Waals surface area contributed by atoms with Crippen LogP contribution >= 0.6 is 11.3 Å². The van der Waals surface area contributed by atoms with Crippen LogP contribution in [0.3, 0.4) is 0 Å². The minimum Gasteiger partial charge on any atom is -0.412 e. The van der Waals surface area contributed by atoms with E-state index in [4.69, 9.17) is 0 Å². The van der Waals surface area contributed by atoms with E-state index in [1.807, 2.05) is 48.5 Å². The Labute approximate surface area is 251 Å². The van der Waals surface area contributed by atoms with E-state index in [1.54, 1.807) is 11.3 Å². The predicted octanol–water partition coefficient (Wildman–Crippen LogP) is 8.78. The fourth-order valence-corrected chi connectivity index (χ4v) is 6.16. The molecule has 0 unspecified atom stereocenters. The molecule has 0 aliphatic heterocycles. The summed E-state index contributed by atoms with van der Waals surface area (Å²) in [5, 5.41) is 19.7. The van der Waals surface area contributed by atoms with Gasteiger partial charge in [-0.15, -0.1) is 34.5 Å². The molecule has 0 saturated carbocycles. The van der Waals surface area contributed by atoms with Gasteiger partial charge in [0.1, 0.15) is 0 Å². The Balaban J connectivity index is 0.00000112. The number of hydrogen-bond donors (Lipinski definition) is 1. The molecule has 0 bridgehead atoms. The minimum atomic E-state index is 0. The topological polar surface area (TPSA) is 55.0 Å². The molecule has 0 atom stereocenters. The maximum atomic E-state index is 11.8. The fourth-order valence-electron chi connectivity index (χ4n) is 5.05. The molecule has 0 fully saturated rings. The van der Waals surface area contributed by atoms with Crippen molar-refractivity contribution in [2.75, 3.05) is 5.06 Å². The molecule has 0 radical (unpaired) electrons. The first-order chi connectivity index (χ1) is 17.3. The minimum absolute atomic E-state index is 0.